The maximum atomic E-state index is 13.3. The van der Waals surface area contributed by atoms with Crippen LogP contribution in [0.2, 0.25) is 10.0 Å². The number of amides is 3. The summed E-state index contributed by atoms with van der Waals surface area (Å²) in [6.45, 7) is 0.151. The van der Waals surface area contributed by atoms with Crippen LogP contribution in [0.15, 0.2) is 67.5 Å². The van der Waals surface area contributed by atoms with Gasteiger partial charge >= 0.3 is 12.2 Å². The van der Waals surface area contributed by atoms with Crippen molar-refractivity contribution in [3.63, 3.8) is 0 Å². The number of anilines is 2. The van der Waals surface area contributed by atoms with E-state index in [1.54, 1.807) is 22.4 Å². The first-order chi connectivity index (χ1) is 29.2. The second kappa shape index (κ2) is 22.2. The first-order valence-electron chi connectivity index (χ1n) is 18.7. The summed E-state index contributed by atoms with van der Waals surface area (Å²) in [4.78, 5) is 51.7. The molecule has 20 heteroatoms. The molecule has 62 heavy (non-hydrogen) atoms. The fraction of sp³-hybridized carbons (Fsp3) is 0.310. The molecule has 0 spiro atoms. The molecule has 2 atom stereocenters. The highest BCUT2D eigenvalue weighted by atomic mass is 35.5. The van der Waals surface area contributed by atoms with Gasteiger partial charge in [-0.25, -0.2) is 27.9 Å². The number of imidazole rings is 1. The van der Waals surface area contributed by atoms with Gasteiger partial charge in [0.2, 0.25) is 0 Å². The van der Waals surface area contributed by atoms with Crippen molar-refractivity contribution in [2.45, 2.75) is 58.0 Å². The molecule has 0 saturated carbocycles. The largest absolute Gasteiger partial charge is 0.448 e. The highest BCUT2D eigenvalue weighted by Gasteiger charge is 2.32. The van der Waals surface area contributed by atoms with Gasteiger partial charge < -0.3 is 40.3 Å². The molecule has 326 valence electrons. The predicted molar refractivity (Wildman–Crippen MR) is 227 cm³/mol. The fourth-order valence-corrected chi connectivity index (χ4v) is 7.08. The number of benzene rings is 2. The second-order valence-electron chi connectivity index (χ2n) is 13.6. The summed E-state index contributed by atoms with van der Waals surface area (Å²) in [5, 5.41) is 24.8. The van der Waals surface area contributed by atoms with E-state index in [4.69, 9.17) is 44.2 Å². The zero-order valence-corrected chi connectivity index (χ0v) is 34.4. The second-order valence-corrected chi connectivity index (χ2v) is 14.4. The van der Waals surface area contributed by atoms with Crippen LogP contribution in [0.4, 0.5) is 29.7 Å². The molecule has 2 aliphatic rings. The number of hydrogen-bond donors (Lipinski definition) is 4. The van der Waals surface area contributed by atoms with E-state index in [0.29, 0.717) is 35.6 Å². The van der Waals surface area contributed by atoms with Crippen molar-refractivity contribution in [3.8, 4) is 12.1 Å². The van der Waals surface area contributed by atoms with Gasteiger partial charge in [-0.05, 0) is 84.3 Å². The number of ether oxygens (including phenoxy) is 2. The quantitative estimate of drug-likeness (QED) is 0.104. The van der Waals surface area contributed by atoms with E-state index in [0.717, 1.165) is 35.1 Å². The van der Waals surface area contributed by atoms with E-state index in [9.17, 15) is 28.0 Å². The zero-order valence-electron chi connectivity index (χ0n) is 32.9. The Morgan fingerprint density at radius 3 is 1.87 bits per heavy atom. The Morgan fingerprint density at radius 1 is 0.839 bits per heavy atom. The van der Waals surface area contributed by atoms with E-state index >= 15 is 0 Å². The third-order valence-electron chi connectivity index (χ3n) is 9.48. The Morgan fingerprint density at radius 2 is 1.35 bits per heavy atom. The number of nitriles is 2. The number of rotatable bonds is 9. The van der Waals surface area contributed by atoms with Crippen LogP contribution < -0.4 is 21.7 Å². The molecule has 16 nitrogen and oxygen atoms in total. The number of alkyl carbamates (subject to hydrolysis) is 1. The van der Waals surface area contributed by atoms with Crippen molar-refractivity contribution in [2.24, 2.45) is 19.8 Å². The van der Waals surface area contributed by atoms with E-state index in [2.05, 4.69) is 25.7 Å². The SMILES string of the molecule is C.Cn1cc2c(c1C(=O)Nc1ccc(F)c(Cl)c1)CCC2N.Cn1cc2c(c1C(=O)Nc1ccc(F)c(Cl)c1)CCC2NC(=O)OCCC#N.N#CCCOC(=O)n1ccnc1. The van der Waals surface area contributed by atoms with E-state index in [1.807, 2.05) is 25.4 Å². The number of aryl methyl sites for hydroxylation is 2. The average molecular weight is 894 g/mol. The van der Waals surface area contributed by atoms with Crippen molar-refractivity contribution in [3.05, 3.63) is 123 Å². The standard InChI is InChI=1S/C19H18ClFN4O3.C15H15ClFN3O.C7H7N3O2.CH4/c1-25-10-13-12(4-6-16(13)24-19(27)28-8-2-7-22)17(25)18(26)23-11-3-5-15(21)14(20)9-11;1-20-7-10-9(3-5-13(10)18)14(20)15(21)19-8-2-4-12(17)11(16)6-8;8-2-1-5-12-7(11)10-4-3-9-6-10;/h3,5,9-10,16H,2,4,6,8H2,1H3,(H,23,26)(H,24,27);2,4,6-7,13H,3,5,18H2,1H3,(H,19,21);3-4,6H,1,5H2;1H4. The Hall–Kier alpha value is -6.73. The molecular weight excluding hydrogens is 849 g/mol. The number of aromatic nitrogens is 4. The number of carbonyl (C=O) groups excluding carboxylic acids is 4. The normalized spacial score (nSPS) is 14.1. The van der Waals surface area contributed by atoms with Crippen LogP contribution in [0, 0.1) is 34.3 Å². The molecule has 5 N–H and O–H groups in total. The third-order valence-corrected chi connectivity index (χ3v) is 10.1. The zero-order chi connectivity index (χ0) is 44.2. The Labute approximate surface area is 366 Å². The molecule has 3 heterocycles. The van der Waals surface area contributed by atoms with Crippen LogP contribution in [0.1, 0.15) is 88.4 Å². The van der Waals surface area contributed by atoms with E-state index in [1.165, 1.54) is 59.7 Å². The Bertz CT molecular complexity index is 2490. The lowest BCUT2D eigenvalue weighted by molar-refractivity contribution is 0.101. The van der Waals surface area contributed by atoms with Crippen LogP contribution in [0.25, 0.3) is 0 Å². The van der Waals surface area contributed by atoms with Gasteiger partial charge in [-0.1, -0.05) is 30.6 Å². The Balaban J connectivity index is 0.000000219. The van der Waals surface area contributed by atoms with Crippen LogP contribution in [0.3, 0.4) is 0 Å². The van der Waals surface area contributed by atoms with Gasteiger partial charge in [0, 0.05) is 56.3 Å². The topological polar surface area (TPSA) is 224 Å². The maximum Gasteiger partial charge on any atom is 0.419 e. The van der Waals surface area contributed by atoms with Crippen molar-refractivity contribution in [1.82, 2.24) is 24.0 Å². The number of carbonyl (C=O) groups is 4. The molecule has 2 aliphatic carbocycles. The van der Waals surface area contributed by atoms with Gasteiger partial charge in [-0.15, -0.1) is 0 Å². The average Bonchev–Trinajstić information content (AvgIpc) is 4.06. The van der Waals surface area contributed by atoms with Gasteiger partial charge in [-0.3, -0.25) is 9.59 Å². The molecule has 7 rings (SSSR count). The van der Waals surface area contributed by atoms with Crippen LogP contribution in [-0.4, -0.2) is 55.9 Å². The van der Waals surface area contributed by atoms with Crippen molar-refractivity contribution in [2.75, 3.05) is 23.8 Å². The summed E-state index contributed by atoms with van der Waals surface area (Å²) >= 11 is 11.5. The number of fused-ring (bicyclic) bond motifs is 2. The van der Waals surface area contributed by atoms with Crippen LogP contribution >= 0.6 is 23.2 Å². The predicted octanol–water partition coefficient (Wildman–Crippen LogP) is 8.13. The minimum atomic E-state index is -0.594. The molecule has 3 amide bonds. The van der Waals surface area contributed by atoms with Gasteiger partial charge in [0.25, 0.3) is 11.8 Å². The molecular formula is C42H44Cl2F2N10O6. The van der Waals surface area contributed by atoms with E-state index < -0.39 is 23.8 Å². The van der Waals surface area contributed by atoms with Gasteiger partial charge in [0.1, 0.15) is 42.6 Å². The number of nitrogens with two attached hydrogens (primary N) is 1. The fourth-order valence-electron chi connectivity index (χ4n) is 6.72. The van der Waals surface area contributed by atoms with Crippen molar-refractivity contribution in [1.29, 1.82) is 10.5 Å². The summed E-state index contributed by atoms with van der Waals surface area (Å²) < 4.78 is 40.7. The first kappa shape index (κ1) is 47.9. The van der Waals surface area contributed by atoms with Gasteiger partial charge in [0.05, 0.1) is 41.1 Å². The smallest absolute Gasteiger partial charge is 0.419 e. The molecule has 3 aromatic heterocycles. The van der Waals surface area contributed by atoms with E-state index in [-0.39, 0.29) is 67.4 Å². The third kappa shape index (κ3) is 12.0. The summed E-state index contributed by atoms with van der Waals surface area (Å²) in [7, 11) is 3.56. The lowest BCUT2D eigenvalue weighted by Crippen LogP contribution is -2.28. The molecule has 0 bridgehead atoms. The minimum Gasteiger partial charge on any atom is -0.448 e. The minimum absolute atomic E-state index is 0. The molecule has 0 radical (unpaired) electrons. The summed E-state index contributed by atoms with van der Waals surface area (Å²) in [6.07, 6.45) is 10.1. The first-order valence-corrected chi connectivity index (χ1v) is 19.4. The number of halogens is 4. The maximum absolute atomic E-state index is 13.3. The number of nitrogens with zero attached hydrogens (tertiary/aromatic N) is 6. The summed E-state index contributed by atoms with van der Waals surface area (Å²) in [5.41, 5.74) is 11.6. The molecule has 0 fully saturated rings. The van der Waals surface area contributed by atoms with Crippen molar-refractivity contribution >= 4 is 58.6 Å². The summed E-state index contributed by atoms with van der Waals surface area (Å²) in [6, 6.07) is 11.6. The molecule has 2 unspecified atom stereocenters. The van der Waals surface area contributed by atoms with Crippen LogP contribution in [0.5, 0.6) is 0 Å². The number of nitrogens with one attached hydrogen (secondary N) is 3. The van der Waals surface area contributed by atoms with Gasteiger partial charge in [0.15, 0.2) is 0 Å². The van der Waals surface area contributed by atoms with Gasteiger partial charge in [-0.2, -0.15) is 10.5 Å². The highest BCUT2D eigenvalue weighted by Crippen LogP contribution is 2.36. The molecule has 2 aromatic carbocycles. The summed E-state index contributed by atoms with van der Waals surface area (Å²) in [5.74, 6) is -1.66. The molecule has 0 saturated heterocycles. The van der Waals surface area contributed by atoms with Crippen molar-refractivity contribution < 1.29 is 37.4 Å². The van der Waals surface area contributed by atoms with Crippen LogP contribution in [-0.2, 0) is 36.4 Å². The lowest BCUT2D eigenvalue weighted by Gasteiger charge is -2.12. The molecule has 5 aromatic rings. The monoisotopic (exact) mass is 892 g/mol. The molecule has 0 aliphatic heterocycles. The highest BCUT2D eigenvalue weighted by molar-refractivity contribution is 6.31. The lowest BCUT2D eigenvalue weighted by atomic mass is 10.1. The Kier molecular flexibility index (Phi) is 17.2. The number of hydrogen-bond acceptors (Lipinski definition) is 10.